The maximum absolute atomic E-state index is 11.4. The molecule has 0 aliphatic carbocycles. The largest absolute Gasteiger partial charge is 0.349 e. The Kier molecular flexibility index (Phi) is 5.49. The summed E-state index contributed by atoms with van der Waals surface area (Å²) in [6, 6.07) is 4.59. The van der Waals surface area contributed by atoms with Gasteiger partial charge in [0, 0.05) is 38.0 Å². The summed E-state index contributed by atoms with van der Waals surface area (Å²) >= 11 is 1.76. The van der Waals surface area contributed by atoms with Crippen LogP contribution in [0.15, 0.2) is 17.5 Å². The van der Waals surface area contributed by atoms with E-state index in [-0.39, 0.29) is 5.91 Å². The zero-order chi connectivity index (χ0) is 12.0. The van der Waals surface area contributed by atoms with E-state index in [1.54, 1.807) is 30.3 Å². The van der Waals surface area contributed by atoms with Gasteiger partial charge in [-0.25, -0.2) is 0 Å². The lowest BCUT2D eigenvalue weighted by atomic mass is 10.2. The fourth-order valence-corrected chi connectivity index (χ4v) is 2.40. The number of thiophene rings is 1. The van der Waals surface area contributed by atoms with Crippen LogP contribution in [0, 0.1) is 0 Å². The molecule has 0 saturated carbocycles. The number of amides is 1. The monoisotopic (exact) mass is 240 g/mol. The summed E-state index contributed by atoms with van der Waals surface area (Å²) in [4.78, 5) is 14.4. The SMILES string of the molecule is CCC(NCCC(=O)N(C)C)c1cccs1. The van der Waals surface area contributed by atoms with Crippen molar-refractivity contribution in [3.63, 3.8) is 0 Å². The quantitative estimate of drug-likeness (QED) is 0.827. The molecule has 0 saturated heterocycles. The first-order chi connectivity index (χ1) is 7.65. The normalized spacial score (nSPS) is 12.4. The standard InChI is InChI=1S/C12H20N2OS/c1-4-10(11-6-5-9-16-11)13-8-7-12(15)14(2)3/h5-6,9-10,13H,4,7-8H2,1-3H3. The summed E-state index contributed by atoms with van der Waals surface area (Å²) in [6.45, 7) is 2.90. The highest BCUT2D eigenvalue weighted by atomic mass is 32.1. The summed E-state index contributed by atoms with van der Waals surface area (Å²) in [5.74, 6) is 0.175. The molecule has 0 radical (unpaired) electrons. The van der Waals surface area contributed by atoms with Crippen molar-refractivity contribution in [2.45, 2.75) is 25.8 Å². The van der Waals surface area contributed by atoms with Crippen LogP contribution in [0.25, 0.3) is 0 Å². The molecule has 3 nitrogen and oxygen atoms in total. The second-order valence-corrected chi connectivity index (χ2v) is 4.95. The van der Waals surface area contributed by atoms with Crippen LogP contribution < -0.4 is 5.32 Å². The van der Waals surface area contributed by atoms with E-state index in [0.717, 1.165) is 13.0 Å². The van der Waals surface area contributed by atoms with Gasteiger partial charge < -0.3 is 10.2 Å². The van der Waals surface area contributed by atoms with Crippen molar-refractivity contribution in [3.05, 3.63) is 22.4 Å². The third-order valence-corrected chi connectivity index (χ3v) is 3.51. The van der Waals surface area contributed by atoms with Gasteiger partial charge in [-0.1, -0.05) is 13.0 Å². The van der Waals surface area contributed by atoms with E-state index in [1.165, 1.54) is 4.88 Å². The van der Waals surface area contributed by atoms with Gasteiger partial charge in [0.15, 0.2) is 0 Å². The van der Waals surface area contributed by atoms with Crippen molar-refractivity contribution in [3.8, 4) is 0 Å². The minimum absolute atomic E-state index is 0.175. The highest BCUT2D eigenvalue weighted by molar-refractivity contribution is 7.10. The van der Waals surface area contributed by atoms with Crippen LogP contribution in [0.5, 0.6) is 0 Å². The molecule has 1 heterocycles. The number of carbonyl (C=O) groups is 1. The minimum atomic E-state index is 0.175. The maximum atomic E-state index is 11.4. The van der Waals surface area contributed by atoms with Crippen molar-refractivity contribution < 1.29 is 4.79 Å². The molecule has 0 bridgehead atoms. The topological polar surface area (TPSA) is 32.3 Å². The summed E-state index contributed by atoms with van der Waals surface area (Å²) in [6.07, 6.45) is 1.62. The Bertz CT molecular complexity index is 309. The van der Waals surface area contributed by atoms with E-state index in [4.69, 9.17) is 0 Å². The van der Waals surface area contributed by atoms with Gasteiger partial charge in [0.1, 0.15) is 0 Å². The second kappa shape index (κ2) is 6.66. The highest BCUT2D eigenvalue weighted by Gasteiger charge is 2.10. The van der Waals surface area contributed by atoms with E-state index in [2.05, 4.69) is 29.8 Å². The smallest absolute Gasteiger partial charge is 0.223 e. The Labute approximate surface area is 101 Å². The summed E-state index contributed by atoms with van der Waals surface area (Å²) in [5.41, 5.74) is 0. The third kappa shape index (κ3) is 3.94. The van der Waals surface area contributed by atoms with Gasteiger partial charge in [-0.05, 0) is 17.9 Å². The fourth-order valence-electron chi connectivity index (χ4n) is 1.51. The third-order valence-electron chi connectivity index (χ3n) is 2.52. The molecule has 1 aromatic heterocycles. The Morgan fingerprint density at radius 1 is 1.56 bits per heavy atom. The van der Waals surface area contributed by atoms with E-state index >= 15 is 0 Å². The van der Waals surface area contributed by atoms with E-state index < -0.39 is 0 Å². The Hall–Kier alpha value is -0.870. The summed E-state index contributed by atoms with van der Waals surface area (Å²) in [7, 11) is 3.58. The van der Waals surface area contributed by atoms with Crippen LogP contribution in [0.1, 0.15) is 30.7 Å². The van der Waals surface area contributed by atoms with Gasteiger partial charge in [0.05, 0.1) is 0 Å². The molecule has 1 aromatic rings. The molecule has 1 amide bonds. The number of nitrogens with one attached hydrogen (secondary N) is 1. The molecular weight excluding hydrogens is 220 g/mol. The maximum Gasteiger partial charge on any atom is 0.223 e. The van der Waals surface area contributed by atoms with Crippen LogP contribution in [0.2, 0.25) is 0 Å². The van der Waals surface area contributed by atoms with Crippen molar-refractivity contribution in [2.24, 2.45) is 0 Å². The van der Waals surface area contributed by atoms with Crippen molar-refractivity contribution in [1.29, 1.82) is 0 Å². The van der Waals surface area contributed by atoms with Gasteiger partial charge in [-0.3, -0.25) is 4.79 Å². The highest BCUT2D eigenvalue weighted by Crippen LogP contribution is 2.21. The Morgan fingerprint density at radius 2 is 2.31 bits per heavy atom. The average molecular weight is 240 g/mol. The Morgan fingerprint density at radius 3 is 2.81 bits per heavy atom. The predicted octanol–water partition coefficient (Wildman–Crippen LogP) is 2.27. The molecule has 0 fully saturated rings. The molecule has 1 unspecified atom stereocenters. The lowest BCUT2D eigenvalue weighted by Gasteiger charge is -2.16. The predicted molar refractivity (Wildman–Crippen MR) is 68.7 cm³/mol. The molecule has 16 heavy (non-hydrogen) atoms. The molecule has 0 aromatic carbocycles. The van der Waals surface area contributed by atoms with Gasteiger partial charge >= 0.3 is 0 Å². The first-order valence-corrected chi connectivity index (χ1v) is 6.50. The molecule has 90 valence electrons. The van der Waals surface area contributed by atoms with Crippen LogP contribution in [0.4, 0.5) is 0 Å². The molecule has 0 spiro atoms. The molecule has 0 aliphatic rings. The van der Waals surface area contributed by atoms with Gasteiger partial charge in [-0.15, -0.1) is 11.3 Å². The van der Waals surface area contributed by atoms with Crippen LogP contribution in [0.3, 0.4) is 0 Å². The number of hydrogen-bond donors (Lipinski definition) is 1. The van der Waals surface area contributed by atoms with E-state index in [0.29, 0.717) is 12.5 Å². The molecule has 0 aliphatic heterocycles. The zero-order valence-corrected chi connectivity index (χ0v) is 11.0. The van der Waals surface area contributed by atoms with Crippen LogP contribution >= 0.6 is 11.3 Å². The van der Waals surface area contributed by atoms with Crippen LogP contribution in [-0.2, 0) is 4.79 Å². The zero-order valence-electron chi connectivity index (χ0n) is 10.2. The van der Waals surface area contributed by atoms with E-state index in [9.17, 15) is 4.79 Å². The Balaban J connectivity index is 2.33. The average Bonchev–Trinajstić information content (AvgIpc) is 2.77. The lowest BCUT2D eigenvalue weighted by Crippen LogP contribution is -2.28. The molecular formula is C12H20N2OS. The van der Waals surface area contributed by atoms with Gasteiger partial charge in [0.25, 0.3) is 0 Å². The number of nitrogens with zero attached hydrogens (tertiary/aromatic N) is 1. The molecule has 1 rings (SSSR count). The van der Waals surface area contributed by atoms with E-state index in [1.807, 2.05) is 0 Å². The number of hydrogen-bond acceptors (Lipinski definition) is 3. The minimum Gasteiger partial charge on any atom is -0.349 e. The van der Waals surface area contributed by atoms with Gasteiger partial charge in [0.2, 0.25) is 5.91 Å². The van der Waals surface area contributed by atoms with Gasteiger partial charge in [-0.2, -0.15) is 0 Å². The van der Waals surface area contributed by atoms with Crippen molar-refractivity contribution >= 4 is 17.2 Å². The molecule has 1 N–H and O–H groups in total. The number of carbonyl (C=O) groups excluding carboxylic acids is 1. The first kappa shape index (κ1) is 13.2. The van der Waals surface area contributed by atoms with Crippen LogP contribution in [-0.4, -0.2) is 31.4 Å². The lowest BCUT2D eigenvalue weighted by molar-refractivity contribution is -0.128. The fraction of sp³-hybridized carbons (Fsp3) is 0.583. The summed E-state index contributed by atoms with van der Waals surface area (Å²) in [5, 5.41) is 5.51. The second-order valence-electron chi connectivity index (χ2n) is 3.97. The van der Waals surface area contributed by atoms with Crippen molar-refractivity contribution in [1.82, 2.24) is 10.2 Å². The number of rotatable bonds is 6. The molecule has 4 heteroatoms. The van der Waals surface area contributed by atoms with Crippen molar-refractivity contribution in [2.75, 3.05) is 20.6 Å². The molecule has 1 atom stereocenters. The first-order valence-electron chi connectivity index (χ1n) is 5.62. The summed E-state index contributed by atoms with van der Waals surface area (Å²) < 4.78 is 0.